The topological polar surface area (TPSA) is 51.6 Å². The lowest BCUT2D eigenvalue weighted by Crippen LogP contribution is -2.00. The SMILES string of the molecule is c1ccc(-c2nc(-c3ccccc3)nc(-c3cccc(-c4cc(-c5cc6cccnc6c6ccccc56)cc5c4sc4ccccc45)c3)n2)cc1. The molecule has 0 unspecified atom stereocenters. The van der Waals surface area contributed by atoms with Crippen molar-refractivity contribution in [2.45, 2.75) is 0 Å². The van der Waals surface area contributed by atoms with Gasteiger partial charge in [-0.15, -0.1) is 11.3 Å². The van der Waals surface area contributed by atoms with Crippen molar-refractivity contribution in [2.24, 2.45) is 0 Å². The first-order chi connectivity index (χ1) is 25.3. The Bertz CT molecular complexity index is 2860. The second-order valence-corrected chi connectivity index (χ2v) is 13.7. The van der Waals surface area contributed by atoms with Gasteiger partial charge in [0.15, 0.2) is 17.5 Å². The van der Waals surface area contributed by atoms with Gasteiger partial charge in [-0.05, 0) is 58.5 Å². The van der Waals surface area contributed by atoms with Gasteiger partial charge in [0.2, 0.25) is 0 Å². The smallest absolute Gasteiger partial charge is 0.164 e. The number of hydrogen-bond acceptors (Lipinski definition) is 5. The molecule has 0 aliphatic carbocycles. The average molecular weight is 669 g/mol. The first-order valence-electron chi connectivity index (χ1n) is 17.0. The van der Waals surface area contributed by atoms with Crippen molar-refractivity contribution in [3.8, 4) is 56.4 Å². The van der Waals surface area contributed by atoms with E-state index in [1.54, 1.807) is 0 Å². The fraction of sp³-hybridized carbons (Fsp3) is 0. The van der Waals surface area contributed by atoms with Crippen LogP contribution in [0.2, 0.25) is 0 Å². The third kappa shape index (κ3) is 5.14. The lowest BCUT2D eigenvalue weighted by atomic mass is 9.91. The number of benzene rings is 7. The van der Waals surface area contributed by atoms with Gasteiger partial charge >= 0.3 is 0 Å². The van der Waals surface area contributed by atoms with Crippen molar-refractivity contribution in [1.29, 1.82) is 0 Å². The molecule has 0 spiro atoms. The van der Waals surface area contributed by atoms with Gasteiger partial charge in [-0.25, -0.2) is 15.0 Å². The Kier molecular flexibility index (Phi) is 6.96. The highest BCUT2D eigenvalue weighted by Crippen LogP contribution is 2.45. The summed E-state index contributed by atoms with van der Waals surface area (Å²) in [5, 5.41) is 5.99. The van der Waals surface area contributed by atoms with Gasteiger partial charge in [0.05, 0.1) is 5.52 Å². The second-order valence-electron chi connectivity index (χ2n) is 12.7. The van der Waals surface area contributed by atoms with Gasteiger partial charge in [-0.1, -0.05) is 127 Å². The third-order valence-electron chi connectivity index (χ3n) is 9.53. The first kappa shape index (κ1) is 29.4. The van der Waals surface area contributed by atoms with Gasteiger partial charge in [0, 0.05) is 59.4 Å². The summed E-state index contributed by atoms with van der Waals surface area (Å²) in [4.78, 5) is 19.7. The largest absolute Gasteiger partial charge is 0.256 e. The molecule has 0 aliphatic heterocycles. The zero-order valence-corrected chi connectivity index (χ0v) is 28.2. The zero-order valence-electron chi connectivity index (χ0n) is 27.4. The highest BCUT2D eigenvalue weighted by molar-refractivity contribution is 7.26. The molecule has 0 amide bonds. The van der Waals surface area contributed by atoms with Gasteiger partial charge in [-0.3, -0.25) is 4.98 Å². The lowest BCUT2D eigenvalue weighted by Gasteiger charge is -2.14. The number of thiophene rings is 1. The third-order valence-corrected chi connectivity index (χ3v) is 10.8. The van der Waals surface area contributed by atoms with Crippen LogP contribution in [-0.4, -0.2) is 19.9 Å². The minimum Gasteiger partial charge on any atom is -0.256 e. The molecular weight excluding hydrogens is 641 g/mol. The van der Waals surface area contributed by atoms with Crippen LogP contribution in [0.25, 0.3) is 98.3 Å². The average Bonchev–Trinajstić information content (AvgIpc) is 3.59. The van der Waals surface area contributed by atoms with Crippen molar-refractivity contribution < 1.29 is 0 Å². The molecule has 0 saturated heterocycles. The van der Waals surface area contributed by atoms with Crippen LogP contribution in [0.4, 0.5) is 0 Å². The van der Waals surface area contributed by atoms with Gasteiger partial charge < -0.3 is 0 Å². The molecule has 3 heterocycles. The summed E-state index contributed by atoms with van der Waals surface area (Å²) < 4.78 is 2.53. The summed E-state index contributed by atoms with van der Waals surface area (Å²) in [7, 11) is 0. The van der Waals surface area contributed by atoms with Crippen LogP contribution in [-0.2, 0) is 0 Å². The van der Waals surface area contributed by atoms with Crippen LogP contribution in [0.3, 0.4) is 0 Å². The molecule has 7 aromatic carbocycles. The highest BCUT2D eigenvalue weighted by atomic mass is 32.1. The second kappa shape index (κ2) is 12.1. The summed E-state index contributed by atoms with van der Waals surface area (Å²) in [5.74, 6) is 1.94. The van der Waals surface area contributed by atoms with Crippen LogP contribution < -0.4 is 0 Å². The fourth-order valence-corrected chi connectivity index (χ4v) is 8.34. The van der Waals surface area contributed by atoms with Crippen molar-refractivity contribution in [3.63, 3.8) is 0 Å². The van der Waals surface area contributed by atoms with E-state index in [0.717, 1.165) is 38.5 Å². The van der Waals surface area contributed by atoms with Crippen LogP contribution in [0.15, 0.2) is 170 Å². The van der Waals surface area contributed by atoms with Gasteiger partial charge in [0.25, 0.3) is 0 Å². The van der Waals surface area contributed by atoms with E-state index in [1.165, 1.54) is 42.2 Å². The Balaban J connectivity index is 1.21. The summed E-state index contributed by atoms with van der Waals surface area (Å²) in [6.07, 6.45) is 1.88. The maximum Gasteiger partial charge on any atom is 0.164 e. The molecule has 0 aliphatic rings. The van der Waals surface area contributed by atoms with E-state index in [0.29, 0.717) is 17.5 Å². The molecule has 51 heavy (non-hydrogen) atoms. The van der Waals surface area contributed by atoms with Crippen molar-refractivity contribution >= 4 is 53.2 Å². The normalized spacial score (nSPS) is 11.5. The van der Waals surface area contributed by atoms with Crippen LogP contribution >= 0.6 is 11.3 Å². The van der Waals surface area contributed by atoms with Crippen molar-refractivity contribution in [3.05, 3.63) is 170 Å². The van der Waals surface area contributed by atoms with Crippen LogP contribution in [0.5, 0.6) is 0 Å². The summed E-state index contributed by atoms with van der Waals surface area (Å²) in [6, 6.07) is 57.4. The maximum atomic E-state index is 5.03. The molecule has 10 rings (SSSR count). The molecule has 4 nitrogen and oxygen atoms in total. The number of aromatic nitrogens is 4. The van der Waals surface area contributed by atoms with Gasteiger partial charge in [0.1, 0.15) is 0 Å². The number of nitrogens with zero attached hydrogens (tertiary/aromatic N) is 4. The van der Waals surface area contributed by atoms with E-state index in [1.807, 2.05) is 84.3 Å². The monoisotopic (exact) mass is 668 g/mol. The number of pyridine rings is 1. The van der Waals surface area contributed by atoms with Gasteiger partial charge in [-0.2, -0.15) is 0 Å². The molecule has 0 bridgehead atoms. The molecule has 5 heteroatoms. The molecule has 0 N–H and O–H groups in total. The van der Waals surface area contributed by atoms with E-state index in [2.05, 4.69) is 97.1 Å². The van der Waals surface area contributed by atoms with E-state index in [-0.39, 0.29) is 0 Å². The standard InChI is InChI=1S/C46H28N4S/c1-3-13-29(14-4-1)44-48-45(30-15-5-2-6-16-30)50-46(49-44)33-18-11-17-31(25-33)39-27-34(28-40-36-21-9-10-23-41(36)51-43(39)40)38-26-32-19-12-24-47-42(32)37-22-8-7-20-35(37)38/h1-28H. The Morgan fingerprint density at radius 2 is 0.980 bits per heavy atom. The predicted octanol–water partition coefficient (Wildman–Crippen LogP) is 12.3. The summed E-state index contributed by atoms with van der Waals surface area (Å²) in [5.41, 5.74) is 8.52. The Labute approximate surface area is 298 Å². The number of hydrogen-bond donors (Lipinski definition) is 0. The molecule has 0 fully saturated rings. The maximum absolute atomic E-state index is 5.03. The van der Waals surface area contributed by atoms with Crippen molar-refractivity contribution in [2.75, 3.05) is 0 Å². The van der Waals surface area contributed by atoms with E-state index < -0.39 is 0 Å². The van der Waals surface area contributed by atoms with Crippen molar-refractivity contribution in [1.82, 2.24) is 19.9 Å². The molecular formula is C46H28N4S. The molecule has 0 atom stereocenters. The summed E-state index contributed by atoms with van der Waals surface area (Å²) in [6.45, 7) is 0. The summed E-state index contributed by atoms with van der Waals surface area (Å²) >= 11 is 1.84. The molecule has 3 aromatic heterocycles. The molecule has 0 saturated carbocycles. The van der Waals surface area contributed by atoms with E-state index in [4.69, 9.17) is 19.9 Å². The first-order valence-corrected chi connectivity index (χ1v) is 17.8. The minimum atomic E-state index is 0.640. The Hall–Kier alpha value is -6.56. The number of rotatable bonds is 5. The van der Waals surface area contributed by atoms with E-state index >= 15 is 0 Å². The van der Waals surface area contributed by atoms with Crippen LogP contribution in [0.1, 0.15) is 0 Å². The number of fused-ring (bicyclic) bond motifs is 6. The Morgan fingerprint density at radius 3 is 1.73 bits per heavy atom. The zero-order chi connectivity index (χ0) is 33.7. The predicted molar refractivity (Wildman–Crippen MR) is 213 cm³/mol. The van der Waals surface area contributed by atoms with Crippen LogP contribution in [0, 0.1) is 0 Å². The minimum absolute atomic E-state index is 0.640. The lowest BCUT2D eigenvalue weighted by molar-refractivity contribution is 1.07. The quantitative estimate of drug-likeness (QED) is 0.171. The highest BCUT2D eigenvalue weighted by Gasteiger charge is 2.18. The van der Waals surface area contributed by atoms with E-state index in [9.17, 15) is 0 Å². The molecule has 0 radical (unpaired) electrons. The fourth-order valence-electron chi connectivity index (χ4n) is 7.12. The molecule has 238 valence electrons. The molecule has 10 aromatic rings. The Morgan fingerprint density at radius 1 is 0.373 bits per heavy atom.